The van der Waals surface area contributed by atoms with Gasteiger partial charge in [-0.05, 0) is 46.3 Å². The van der Waals surface area contributed by atoms with Crippen LogP contribution in [0.25, 0.3) is 10.2 Å². The number of rotatable bonds is 7. The second-order valence-corrected chi connectivity index (χ2v) is 9.02. The molecule has 1 aromatic carbocycles. The van der Waals surface area contributed by atoms with Crippen LogP contribution >= 0.6 is 27.3 Å². The van der Waals surface area contributed by atoms with Gasteiger partial charge in [-0.25, -0.2) is 0 Å². The third-order valence-corrected chi connectivity index (χ3v) is 6.28. The molecule has 29 heavy (non-hydrogen) atoms. The van der Waals surface area contributed by atoms with Gasteiger partial charge >= 0.3 is 0 Å². The Morgan fingerprint density at radius 2 is 2.03 bits per heavy atom. The van der Waals surface area contributed by atoms with Crippen molar-refractivity contribution in [2.24, 2.45) is 0 Å². The molecule has 0 aliphatic heterocycles. The van der Waals surface area contributed by atoms with Crippen LogP contribution in [0.5, 0.6) is 5.75 Å². The van der Waals surface area contributed by atoms with Crippen LogP contribution in [0.4, 0.5) is 0 Å². The minimum atomic E-state index is -0.0876. The summed E-state index contributed by atoms with van der Waals surface area (Å²) in [6, 6.07) is 17.7. The Morgan fingerprint density at radius 3 is 2.83 bits per heavy atom. The van der Waals surface area contributed by atoms with E-state index >= 15 is 0 Å². The Kier molecular flexibility index (Phi) is 5.97. The predicted molar refractivity (Wildman–Crippen MR) is 120 cm³/mol. The fourth-order valence-corrected chi connectivity index (χ4v) is 4.88. The summed E-state index contributed by atoms with van der Waals surface area (Å²) in [5.41, 5.74) is 3.66. The molecule has 0 atom stereocenters. The second-order valence-electron chi connectivity index (χ2n) is 6.55. The van der Waals surface area contributed by atoms with E-state index in [0.29, 0.717) is 25.2 Å². The van der Waals surface area contributed by atoms with Crippen molar-refractivity contribution in [1.82, 2.24) is 14.9 Å². The van der Waals surface area contributed by atoms with Crippen molar-refractivity contribution in [3.8, 4) is 5.75 Å². The van der Waals surface area contributed by atoms with Crippen LogP contribution in [-0.4, -0.2) is 29.1 Å². The van der Waals surface area contributed by atoms with Crippen molar-refractivity contribution < 1.29 is 9.53 Å². The van der Waals surface area contributed by atoms with Crippen LogP contribution in [0.15, 0.2) is 64.6 Å². The fraction of sp³-hybridized carbons (Fsp3) is 0.182. The van der Waals surface area contributed by atoms with Gasteiger partial charge in [0.15, 0.2) is 0 Å². The summed E-state index contributed by atoms with van der Waals surface area (Å²) < 4.78 is 9.66. The highest BCUT2D eigenvalue weighted by atomic mass is 79.9. The molecule has 0 aliphatic carbocycles. The van der Waals surface area contributed by atoms with Gasteiger partial charge in [-0.1, -0.05) is 24.3 Å². The first-order valence-corrected chi connectivity index (χ1v) is 10.8. The molecule has 1 N–H and O–H groups in total. The molecule has 0 spiro atoms. The monoisotopic (exact) mass is 469 g/mol. The van der Waals surface area contributed by atoms with Crippen molar-refractivity contribution in [3.63, 3.8) is 0 Å². The summed E-state index contributed by atoms with van der Waals surface area (Å²) in [6.07, 6.45) is 2.46. The Hall–Kier alpha value is -2.64. The predicted octanol–water partition coefficient (Wildman–Crippen LogP) is 4.89. The van der Waals surface area contributed by atoms with Crippen LogP contribution in [-0.2, 0) is 13.0 Å². The lowest BCUT2D eigenvalue weighted by Gasteiger charge is -2.13. The van der Waals surface area contributed by atoms with E-state index < -0.39 is 0 Å². The highest BCUT2D eigenvalue weighted by molar-refractivity contribution is 9.11. The molecule has 4 aromatic rings. The van der Waals surface area contributed by atoms with E-state index in [-0.39, 0.29) is 5.91 Å². The number of fused-ring (bicyclic) bond motifs is 1. The lowest BCUT2D eigenvalue weighted by Crippen LogP contribution is -2.28. The van der Waals surface area contributed by atoms with Crippen LogP contribution in [0.2, 0.25) is 0 Å². The lowest BCUT2D eigenvalue weighted by molar-refractivity contribution is 0.0945. The lowest BCUT2D eigenvalue weighted by atomic mass is 10.2. The molecular formula is C22H20BrN3O2S. The fourth-order valence-electron chi connectivity index (χ4n) is 3.31. The van der Waals surface area contributed by atoms with Gasteiger partial charge in [-0.3, -0.25) is 9.78 Å². The van der Waals surface area contributed by atoms with Crippen molar-refractivity contribution >= 4 is 43.4 Å². The number of ether oxygens (including phenoxy) is 1. The molecule has 4 rings (SSSR count). The Morgan fingerprint density at radius 1 is 1.21 bits per heavy atom. The first kappa shape index (κ1) is 19.7. The average molecular weight is 470 g/mol. The molecule has 0 bridgehead atoms. The SMILES string of the molecule is COc1ccccc1Cn1c(C(=O)NCCc2ccccn2)cc2sc(Br)cc21. The number of benzene rings is 1. The number of nitrogens with one attached hydrogen (secondary N) is 1. The highest BCUT2D eigenvalue weighted by Crippen LogP contribution is 2.33. The van der Waals surface area contributed by atoms with Gasteiger partial charge in [0.05, 0.1) is 27.7 Å². The van der Waals surface area contributed by atoms with Crippen molar-refractivity contribution in [2.75, 3.05) is 13.7 Å². The number of hydrogen-bond acceptors (Lipinski definition) is 4. The van der Waals surface area contributed by atoms with E-state index in [1.807, 2.05) is 53.1 Å². The number of hydrogen-bond donors (Lipinski definition) is 1. The minimum Gasteiger partial charge on any atom is -0.496 e. The summed E-state index contributed by atoms with van der Waals surface area (Å²) >= 11 is 5.17. The zero-order valence-electron chi connectivity index (χ0n) is 15.9. The molecule has 1 amide bonds. The molecule has 3 heterocycles. The molecule has 7 heteroatoms. The van der Waals surface area contributed by atoms with Gasteiger partial charge in [0, 0.05) is 30.4 Å². The number of pyridine rings is 1. The Balaban J connectivity index is 1.59. The number of para-hydroxylation sites is 1. The van der Waals surface area contributed by atoms with E-state index in [1.54, 1.807) is 24.6 Å². The zero-order valence-corrected chi connectivity index (χ0v) is 18.3. The third kappa shape index (κ3) is 4.36. The normalized spacial score (nSPS) is 11.0. The van der Waals surface area contributed by atoms with Gasteiger partial charge in [-0.15, -0.1) is 11.3 Å². The number of methoxy groups -OCH3 is 1. The summed E-state index contributed by atoms with van der Waals surface area (Å²) in [5.74, 6) is 0.723. The molecule has 5 nitrogen and oxygen atoms in total. The molecule has 148 valence electrons. The number of amides is 1. The average Bonchev–Trinajstić information content (AvgIpc) is 3.26. The van der Waals surface area contributed by atoms with E-state index in [9.17, 15) is 4.79 Å². The van der Waals surface area contributed by atoms with Gasteiger partial charge in [0.1, 0.15) is 11.4 Å². The second kappa shape index (κ2) is 8.80. The largest absolute Gasteiger partial charge is 0.496 e. The first-order valence-electron chi connectivity index (χ1n) is 9.24. The standard InChI is InChI=1S/C22H20BrN3O2S/c1-28-19-8-3-2-6-15(19)14-26-17-13-21(23)29-20(17)12-18(26)22(27)25-11-9-16-7-4-5-10-24-16/h2-8,10,12-13H,9,11,14H2,1H3,(H,25,27). The van der Waals surface area contributed by atoms with Crippen LogP contribution in [0.1, 0.15) is 21.7 Å². The number of carbonyl (C=O) groups is 1. The van der Waals surface area contributed by atoms with E-state index in [4.69, 9.17) is 4.74 Å². The zero-order chi connectivity index (χ0) is 20.2. The molecule has 3 aromatic heterocycles. The van der Waals surface area contributed by atoms with Crippen molar-refractivity contribution in [1.29, 1.82) is 0 Å². The van der Waals surface area contributed by atoms with Crippen LogP contribution in [0.3, 0.4) is 0 Å². The molecule has 0 saturated carbocycles. The third-order valence-electron chi connectivity index (χ3n) is 4.71. The van der Waals surface area contributed by atoms with Gasteiger partial charge in [0.25, 0.3) is 5.91 Å². The molecule has 0 saturated heterocycles. The number of aromatic nitrogens is 2. The maximum Gasteiger partial charge on any atom is 0.267 e. The summed E-state index contributed by atoms with van der Waals surface area (Å²) in [4.78, 5) is 17.3. The van der Waals surface area contributed by atoms with Crippen LogP contribution in [0, 0.1) is 0 Å². The molecule has 0 fully saturated rings. The van der Waals surface area contributed by atoms with Crippen LogP contribution < -0.4 is 10.1 Å². The first-order chi connectivity index (χ1) is 14.2. The molecule has 0 radical (unpaired) electrons. The Bertz CT molecular complexity index is 1140. The molecule has 0 unspecified atom stereocenters. The maximum atomic E-state index is 13.0. The smallest absolute Gasteiger partial charge is 0.267 e. The summed E-state index contributed by atoms with van der Waals surface area (Å²) in [7, 11) is 1.66. The van der Waals surface area contributed by atoms with Gasteiger partial charge in [-0.2, -0.15) is 0 Å². The molecular weight excluding hydrogens is 450 g/mol. The number of halogens is 1. The number of thiophene rings is 1. The van der Waals surface area contributed by atoms with Gasteiger partial charge in [0.2, 0.25) is 0 Å². The highest BCUT2D eigenvalue weighted by Gasteiger charge is 2.18. The van der Waals surface area contributed by atoms with Crippen molar-refractivity contribution in [3.05, 3.63) is 81.5 Å². The summed E-state index contributed by atoms with van der Waals surface area (Å²) in [6.45, 7) is 1.09. The Labute approximate surface area is 181 Å². The molecule has 0 aliphatic rings. The van der Waals surface area contributed by atoms with E-state index in [1.165, 1.54) is 0 Å². The van der Waals surface area contributed by atoms with Gasteiger partial charge < -0.3 is 14.6 Å². The minimum absolute atomic E-state index is 0.0876. The van der Waals surface area contributed by atoms with Crippen molar-refractivity contribution in [2.45, 2.75) is 13.0 Å². The van der Waals surface area contributed by atoms with E-state index in [0.717, 1.165) is 31.0 Å². The topological polar surface area (TPSA) is 56.1 Å². The maximum absolute atomic E-state index is 13.0. The van der Waals surface area contributed by atoms with E-state index in [2.05, 4.69) is 32.3 Å². The number of nitrogens with zero attached hydrogens (tertiary/aromatic N) is 2. The number of carbonyl (C=O) groups excluding carboxylic acids is 1. The summed E-state index contributed by atoms with van der Waals surface area (Å²) in [5, 5.41) is 3.03. The quantitative estimate of drug-likeness (QED) is 0.419.